The molecule has 1 aliphatic heterocycles. The zero-order valence-electron chi connectivity index (χ0n) is 11.4. The molecule has 0 N–H and O–H groups in total. The van der Waals surface area contributed by atoms with E-state index in [0.29, 0.717) is 12.5 Å². The van der Waals surface area contributed by atoms with Crippen LogP contribution in [0, 0.1) is 0 Å². The van der Waals surface area contributed by atoms with Crippen LogP contribution in [0.2, 0.25) is 0 Å². The maximum Gasteiger partial charge on any atom is 0.123 e. The summed E-state index contributed by atoms with van der Waals surface area (Å²) in [6, 6.07) is 6.55. The Morgan fingerprint density at radius 2 is 2.22 bits per heavy atom. The third-order valence-electron chi connectivity index (χ3n) is 4.53. The molecular formula is C16H22O2. The molecule has 3 rings (SSSR count). The highest BCUT2D eigenvalue weighted by atomic mass is 16.5. The average Bonchev–Trinajstić information content (AvgIpc) is 2.36. The number of benzene rings is 1. The quantitative estimate of drug-likeness (QED) is 0.801. The van der Waals surface area contributed by atoms with Crippen molar-refractivity contribution in [2.45, 2.75) is 57.2 Å². The fourth-order valence-electron chi connectivity index (χ4n) is 3.34. The predicted octanol–water partition coefficient (Wildman–Crippen LogP) is 4.03. The maximum absolute atomic E-state index is 6.28. The summed E-state index contributed by atoms with van der Waals surface area (Å²) in [5.74, 6) is 1.78. The molecule has 18 heavy (non-hydrogen) atoms. The van der Waals surface area contributed by atoms with Crippen molar-refractivity contribution in [2.24, 2.45) is 0 Å². The molecule has 1 aromatic carbocycles. The van der Waals surface area contributed by atoms with E-state index in [1.54, 1.807) is 7.11 Å². The minimum absolute atomic E-state index is 0.177. The van der Waals surface area contributed by atoms with E-state index in [2.05, 4.69) is 25.1 Å². The molecule has 98 valence electrons. The van der Waals surface area contributed by atoms with Crippen molar-refractivity contribution in [3.63, 3.8) is 0 Å². The molecular weight excluding hydrogens is 224 g/mol. The van der Waals surface area contributed by atoms with Crippen molar-refractivity contribution in [1.82, 2.24) is 0 Å². The first-order valence-electron chi connectivity index (χ1n) is 7.07. The highest BCUT2D eigenvalue weighted by Crippen LogP contribution is 2.50. The first kappa shape index (κ1) is 12.0. The lowest BCUT2D eigenvalue weighted by Crippen LogP contribution is -2.46. The van der Waals surface area contributed by atoms with Crippen LogP contribution in [-0.2, 0) is 11.3 Å². The molecule has 1 fully saturated rings. The third-order valence-corrected chi connectivity index (χ3v) is 4.53. The molecule has 0 aromatic heterocycles. The lowest BCUT2D eigenvalue weighted by atomic mass is 9.70. The van der Waals surface area contributed by atoms with Gasteiger partial charge < -0.3 is 9.47 Å². The Hall–Kier alpha value is -1.02. The Morgan fingerprint density at radius 1 is 1.39 bits per heavy atom. The summed E-state index contributed by atoms with van der Waals surface area (Å²) in [5, 5.41) is 0. The van der Waals surface area contributed by atoms with Gasteiger partial charge in [0.25, 0.3) is 0 Å². The molecule has 1 heterocycles. The number of hydrogen-bond acceptors (Lipinski definition) is 2. The van der Waals surface area contributed by atoms with Gasteiger partial charge in [-0.2, -0.15) is 0 Å². The van der Waals surface area contributed by atoms with E-state index >= 15 is 0 Å². The van der Waals surface area contributed by atoms with Crippen molar-refractivity contribution in [1.29, 1.82) is 0 Å². The second-order valence-corrected chi connectivity index (χ2v) is 5.75. The Labute approximate surface area is 109 Å². The molecule has 1 atom stereocenters. The van der Waals surface area contributed by atoms with E-state index in [0.717, 1.165) is 5.75 Å². The van der Waals surface area contributed by atoms with Crippen molar-refractivity contribution in [3.05, 3.63) is 29.3 Å². The van der Waals surface area contributed by atoms with E-state index in [-0.39, 0.29) is 5.60 Å². The van der Waals surface area contributed by atoms with Gasteiger partial charge in [0.2, 0.25) is 0 Å². The number of ether oxygens (including phenoxy) is 2. The first-order valence-corrected chi connectivity index (χ1v) is 7.07. The minimum atomic E-state index is 0.177. The second kappa shape index (κ2) is 4.58. The van der Waals surface area contributed by atoms with Gasteiger partial charge >= 0.3 is 0 Å². The lowest BCUT2D eigenvalue weighted by molar-refractivity contribution is -0.0339. The van der Waals surface area contributed by atoms with Gasteiger partial charge in [-0.25, -0.2) is 0 Å². The minimum Gasteiger partial charge on any atom is -0.487 e. The number of methoxy groups -OCH3 is 1. The van der Waals surface area contributed by atoms with Crippen LogP contribution in [0.5, 0.6) is 5.75 Å². The SMILES string of the molecule is CCC1CC2(CCC2)Oc2ccc(COC)cc21. The Kier molecular flexibility index (Phi) is 3.06. The summed E-state index contributed by atoms with van der Waals surface area (Å²) in [4.78, 5) is 0. The van der Waals surface area contributed by atoms with Gasteiger partial charge in [0, 0.05) is 7.11 Å². The van der Waals surface area contributed by atoms with Crippen LogP contribution in [0.1, 0.15) is 56.1 Å². The normalized spacial score (nSPS) is 24.2. The van der Waals surface area contributed by atoms with Crippen LogP contribution < -0.4 is 4.74 Å². The molecule has 1 unspecified atom stereocenters. The molecule has 1 saturated carbocycles. The Bertz CT molecular complexity index is 435. The van der Waals surface area contributed by atoms with Gasteiger partial charge in [-0.15, -0.1) is 0 Å². The molecule has 2 heteroatoms. The van der Waals surface area contributed by atoms with Crippen molar-refractivity contribution >= 4 is 0 Å². The molecule has 1 aliphatic carbocycles. The predicted molar refractivity (Wildman–Crippen MR) is 72.0 cm³/mol. The molecule has 2 aliphatic rings. The molecule has 0 amide bonds. The fourth-order valence-corrected chi connectivity index (χ4v) is 3.34. The zero-order chi connectivity index (χ0) is 12.6. The molecule has 0 bridgehead atoms. The van der Waals surface area contributed by atoms with E-state index < -0.39 is 0 Å². The van der Waals surface area contributed by atoms with Gasteiger partial charge in [0.1, 0.15) is 11.4 Å². The van der Waals surface area contributed by atoms with Crippen molar-refractivity contribution in [3.8, 4) is 5.75 Å². The van der Waals surface area contributed by atoms with Gasteiger partial charge in [0.05, 0.1) is 6.61 Å². The van der Waals surface area contributed by atoms with Crippen LogP contribution in [0.25, 0.3) is 0 Å². The summed E-state index contributed by atoms with van der Waals surface area (Å²) in [7, 11) is 1.75. The zero-order valence-corrected chi connectivity index (χ0v) is 11.4. The fraction of sp³-hybridized carbons (Fsp3) is 0.625. The summed E-state index contributed by atoms with van der Waals surface area (Å²) in [6.45, 7) is 2.98. The van der Waals surface area contributed by atoms with E-state index in [1.165, 1.54) is 43.2 Å². The lowest BCUT2D eigenvalue weighted by Gasteiger charge is -2.48. The molecule has 1 aromatic rings. The molecule has 1 spiro atoms. The number of rotatable bonds is 3. The number of hydrogen-bond donors (Lipinski definition) is 0. The molecule has 0 radical (unpaired) electrons. The van der Waals surface area contributed by atoms with Crippen molar-refractivity contribution < 1.29 is 9.47 Å². The topological polar surface area (TPSA) is 18.5 Å². The Balaban J connectivity index is 1.93. The first-order chi connectivity index (χ1) is 8.76. The summed E-state index contributed by atoms with van der Waals surface area (Å²) < 4.78 is 11.5. The van der Waals surface area contributed by atoms with Gasteiger partial charge in [-0.3, -0.25) is 0 Å². The van der Waals surface area contributed by atoms with Crippen LogP contribution in [0.15, 0.2) is 18.2 Å². The smallest absolute Gasteiger partial charge is 0.123 e. The Morgan fingerprint density at radius 3 is 2.83 bits per heavy atom. The van der Waals surface area contributed by atoms with E-state index in [1.807, 2.05) is 0 Å². The molecule has 2 nitrogen and oxygen atoms in total. The van der Waals surface area contributed by atoms with E-state index in [9.17, 15) is 0 Å². The second-order valence-electron chi connectivity index (χ2n) is 5.75. The summed E-state index contributed by atoms with van der Waals surface area (Å²) >= 11 is 0. The highest BCUT2D eigenvalue weighted by molar-refractivity contribution is 5.42. The monoisotopic (exact) mass is 246 g/mol. The van der Waals surface area contributed by atoms with Crippen LogP contribution in [0.3, 0.4) is 0 Å². The number of fused-ring (bicyclic) bond motifs is 1. The summed E-state index contributed by atoms with van der Waals surface area (Å²) in [5.41, 5.74) is 2.82. The van der Waals surface area contributed by atoms with Gasteiger partial charge in [-0.1, -0.05) is 13.0 Å². The standard InChI is InChI=1S/C16H22O2/c1-3-13-10-16(7-4-8-16)18-15-6-5-12(11-17-2)9-14(13)15/h5-6,9,13H,3-4,7-8,10-11H2,1-2H3. The van der Waals surface area contributed by atoms with Crippen LogP contribution in [-0.4, -0.2) is 12.7 Å². The highest BCUT2D eigenvalue weighted by Gasteiger charge is 2.44. The summed E-state index contributed by atoms with van der Waals surface area (Å²) in [6.07, 6.45) is 6.21. The van der Waals surface area contributed by atoms with Crippen LogP contribution >= 0.6 is 0 Å². The average molecular weight is 246 g/mol. The van der Waals surface area contributed by atoms with Gasteiger partial charge in [0.15, 0.2) is 0 Å². The largest absolute Gasteiger partial charge is 0.487 e. The van der Waals surface area contributed by atoms with Crippen LogP contribution in [0.4, 0.5) is 0 Å². The maximum atomic E-state index is 6.28. The van der Waals surface area contributed by atoms with Gasteiger partial charge in [-0.05, 0) is 61.3 Å². The van der Waals surface area contributed by atoms with E-state index in [4.69, 9.17) is 9.47 Å². The molecule has 0 saturated heterocycles. The third kappa shape index (κ3) is 1.93. The van der Waals surface area contributed by atoms with Crippen molar-refractivity contribution in [2.75, 3.05) is 7.11 Å².